The second kappa shape index (κ2) is 4.37. The Hall–Kier alpha value is -2.16. The summed E-state index contributed by atoms with van der Waals surface area (Å²) < 4.78 is 0.252. The standard InChI is InChI=1S/C9IN5/c10-9-7(3-13)5(1-11)6(2-12)8(4-14)15-9. The van der Waals surface area contributed by atoms with Crippen LogP contribution < -0.4 is 0 Å². The van der Waals surface area contributed by atoms with Gasteiger partial charge >= 0.3 is 0 Å². The number of rotatable bonds is 0. The second-order valence-electron chi connectivity index (χ2n) is 2.32. The number of halogens is 1. The van der Waals surface area contributed by atoms with E-state index in [0.29, 0.717) is 0 Å². The highest BCUT2D eigenvalue weighted by Crippen LogP contribution is 2.19. The highest BCUT2D eigenvalue weighted by molar-refractivity contribution is 14.1. The second-order valence-corrected chi connectivity index (χ2v) is 3.35. The van der Waals surface area contributed by atoms with Crippen molar-refractivity contribution in [2.75, 3.05) is 0 Å². The van der Waals surface area contributed by atoms with Crippen molar-refractivity contribution in [2.45, 2.75) is 0 Å². The van der Waals surface area contributed by atoms with E-state index in [1.807, 2.05) is 0 Å². The zero-order chi connectivity index (χ0) is 11.4. The van der Waals surface area contributed by atoms with Gasteiger partial charge in [-0.05, 0) is 22.6 Å². The molecule has 0 spiro atoms. The van der Waals surface area contributed by atoms with Crippen molar-refractivity contribution in [2.24, 2.45) is 0 Å². The zero-order valence-corrected chi connectivity index (χ0v) is 9.27. The maximum atomic E-state index is 8.81. The molecule has 1 aromatic rings. The molecule has 0 saturated carbocycles. The van der Waals surface area contributed by atoms with Gasteiger partial charge in [0.15, 0.2) is 5.69 Å². The molecule has 1 heterocycles. The minimum absolute atomic E-state index is 0.0358. The fourth-order valence-corrected chi connectivity index (χ4v) is 1.59. The summed E-state index contributed by atoms with van der Waals surface area (Å²) >= 11 is 1.75. The van der Waals surface area contributed by atoms with Crippen LogP contribution in [0.25, 0.3) is 0 Å². The molecular weight excluding hydrogens is 305 g/mol. The van der Waals surface area contributed by atoms with E-state index >= 15 is 0 Å². The molecular formula is C9IN5. The fourth-order valence-electron chi connectivity index (χ4n) is 0.960. The Bertz CT molecular complexity index is 591. The Kier molecular flexibility index (Phi) is 3.18. The van der Waals surface area contributed by atoms with Gasteiger partial charge in [-0.3, -0.25) is 0 Å². The maximum Gasteiger partial charge on any atom is 0.160 e. The van der Waals surface area contributed by atoms with Crippen molar-refractivity contribution < 1.29 is 0 Å². The molecule has 0 aliphatic rings. The molecule has 0 aliphatic carbocycles. The van der Waals surface area contributed by atoms with Gasteiger partial charge in [-0.15, -0.1) is 0 Å². The summed E-state index contributed by atoms with van der Waals surface area (Å²) in [4.78, 5) is 3.77. The molecule has 0 unspecified atom stereocenters. The van der Waals surface area contributed by atoms with Crippen LogP contribution in [0, 0.1) is 49.0 Å². The first kappa shape index (κ1) is 10.9. The molecule has 0 aliphatic heterocycles. The van der Waals surface area contributed by atoms with Gasteiger partial charge in [0.1, 0.15) is 39.1 Å². The number of aromatic nitrogens is 1. The molecule has 0 radical (unpaired) electrons. The molecule has 0 bridgehead atoms. The average Bonchev–Trinajstić information content (AvgIpc) is 2.27. The lowest BCUT2D eigenvalue weighted by molar-refractivity contribution is 1.17. The maximum absolute atomic E-state index is 8.81. The molecule has 68 valence electrons. The van der Waals surface area contributed by atoms with E-state index < -0.39 is 0 Å². The minimum Gasteiger partial charge on any atom is -0.228 e. The van der Waals surface area contributed by atoms with Crippen molar-refractivity contribution >= 4 is 22.6 Å². The average molecular weight is 305 g/mol. The van der Waals surface area contributed by atoms with Crippen LogP contribution in [0.2, 0.25) is 0 Å². The first-order chi connectivity index (χ1) is 7.19. The summed E-state index contributed by atoms with van der Waals surface area (Å²) in [6.45, 7) is 0. The van der Waals surface area contributed by atoms with Crippen molar-refractivity contribution in [1.29, 1.82) is 21.0 Å². The Labute approximate surface area is 98.9 Å². The predicted molar refractivity (Wildman–Crippen MR) is 55.8 cm³/mol. The minimum atomic E-state index is -0.142. The van der Waals surface area contributed by atoms with Gasteiger partial charge in [0.05, 0.1) is 5.56 Å². The summed E-state index contributed by atoms with van der Waals surface area (Å²) in [5, 5.41) is 35.1. The van der Waals surface area contributed by atoms with E-state index in [1.54, 1.807) is 46.9 Å². The van der Waals surface area contributed by atoms with Crippen LogP contribution in [0.5, 0.6) is 0 Å². The number of hydrogen-bond acceptors (Lipinski definition) is 5. The molecule has 1 rings (SSSR count). The van der Waals surface area contributed by atoms with Crippen molar-refractivity contribution in [3.05, 3.63) is 26.1 Å². The Morgan fingerprint density at radius 3 is 1.73 bits per heavy atom. The molecule has 0 N–H and O–H groups in total. The van der Waals surface area contributed by atoms with E-state index in [0.717, 1.165) is 0 Å². The molecule has 1 aromatic heterocycles. The van der Waals surface area contributed by atoms with Gasteiger partial charge in [0.25, 0.3) is 0 Å². The topological polar surface area (TPSA) is 108 Å². The third-order valence-corrected chi connectivity index (χ3v) is 2.37. The molecule has 0 aromatic carbocycles. The Morgan fingerprint density at radius 1 is 0.800 bits per heavy atom. The van der Waals surface area contributed by atoms with Gasteiger partial charge in [-0.1, -0.05) is 0 Å². The van der Waals surface area contributed by atoms with Gasteiger partial charge in [-0.2, -0.15) is 21.0 Å². The highest BCUT2D eigenvalue weighted by Gasteiger charge is 2.17. The van der Waals surface area contributed by atoms with Crippen LogP contribution in [-0.4, -0.2) is 4.98 Å². The number of nitriles is 4. The van der Waals surface area contributed by atoms with Crippen molar-refractivity contribution in [3.8, 4) is 24.3 Å². The molecule has 15 heavy (non-hydrogen) atoms. The first-order valence-electron chi connectivity index (χ1n) is 3.53. The molecule has 0 saturated heterocycles. The quantitative estimate of drug-likeness (QED) is 0.528. The summed E-state index contributed by atoms with van der Waals surface area (Å²) in [6, 6.07) is 6.95. The van der Waals surface area contributed by atoms with Gasteiger partial charge in [0, 0.05) is 0 Å². The van der Waals surface area contributed by atoms with Crippen LogP contribution >= 0.6 is 22.6 Å². The van der Waals surface area contributed by atoms with E-state index in [1.165, 1.54) is 0 Å². The van der Waals surface area contributed by atoms with Crippen LogP contribution in [0.3, 0.4) is 0 Å². The molecule has 6 heteroatoms. The smallest absolute Gasteiger partial charge is 0.160 e. The third kappa shape index (κ3) is 1.72. The Balaban J connectivity index is 3.84. The molecule has 5 nitrogen and oxygen atoms in total. The van der Waals surface area contributed by atoms with Crippen LogP contribution in [0.1, 0.15) is 22.4 Å². The largest absolute Gasteiger partial charge is 0.228 e. The van der Waals surface area contributed by atoms with Crippen molar-refractivity contribution in [3.63, 3.8) is 0 Å². The van der Waals surface area contributed by atoms with Crippen LogP contribution in [-0.2, 0) is 0 Å². The lowest BCUT2D eigenvalue weighted by Gasteiger charge is -2.01. The van der Waals surface area contributed by atoms with Gasteiger partial charge < -0.3 is 0 Å². The van der Waals surface area contributed by atoms with Gasteiger partial charge in [-0.25, -0.2) is 4.98 Å². The summed E-state index contributed by atoms with van der Waals surface area (Å²) in [5.74, 6) is 0. The highest BCUT2D eigenvalue weighted by atomic mass is 127. The number of nitrogens with zero attached hydrogens (tertiary/aromatic N) is 5. The van der Waals surface area contributed by atoms with E-state index in [9.17, 15) is 0 Å². The molecule has 0 fully saturated rings. The van der Waals surface area contributed by atoms with Crippen LogP contribution in [0.15, 0.2) is 0 Å². The zero-order valence-electron chi connectivity index (χ0n) is 7.11. The Morgan fingerprint density at radius 2 is 1.33 bits per heavy atom. The van der Waals surface area contributed by atoms with E-state index in [2.05, 4.69) is 4.98 Å². The van der Waals surface area contributed by atoms with Crippen LogP contribution in [0.4, 0.5) is 0 Å². The molecule has 0 amide bonds. The SMILES string of the molecule is N#Cc1nc(I)c(C#N)c(C#N)c1C#N. The number of pyridine rings is 1. The molecule has 0 atom stereocenters. The summed E-state index contributed by atoms with van der Waals surface area (Å²) in [6.07, 6.45) is 0. The lowest BCUT2D eigenvalue weighted by Crippen LogP contribution is -2.01. The number of hydrogen-bond donors (Lipinski definition) is 0. The third-order valence-electron chi connectivity index (χ3n) is 1.59. The van der Waals surface area contributed by atoms with Crippen molar-refractivity contribution in [1.82, 2.24) is 4.98 Å². The summed E-state index contributed by atoms with van der Waals surface area (Å²) in [5.41, 5.74) is -0.320. The van der Waals surface area contributed by atoms with E-state index in [4.69, 9.17) is 21.0 Å². The van der Waals surface area contributed by atoms with Gasteiger partial charge in [0.2, 0.25) is 0 Å². The lowest BCUT2D eigenvalue weighted by atomic mass is 10.0. The predicted octanol–water partition coefficient (Wildman–Crippen LogP) is 1.17. The summed E-state index contributed by atoms with van der Waals surface area (Å²) in [7, 11) is 0. The monoisotopic (exact) mass is 305 g/mol. The van der Waals surface area contributed by atoms with E-state index in [-0.39, 0.29) is 26.1 Å². The fraction of sp³-hybridized carbons (Fsp3) is 0. The normalized spacial score (nSPS) is 8.07. The first-order valence-corrected chi connectivity index (χ1v) is 4.61.